The standard InChI is InChI=1S/C22H25N3O3S/c1-15-23-10-11-25(15)14-17-7-5-6-16(12-17)13-24-22(26)20-18(27-2)8-9-19(29-4)21(20)28-3/h5-12H,13-14H2,1-4H3,(H,24,26). The second-order valence-corrected chi connectivity index (χ2v) is 7.33. The third kappa shape index (κ3) is 4.74. The molecule has 3 aromatic rings. The Labute approximate surface area is 175 Å². The Kier molecular flexibility index (Phi) is 6.82. The van der Waals surface area contributed by atoms with Crippen LogP contribution in [0.15, 0.2) is 53.7 Å². The molecule has 7 heteroatoms. The number of aryl methyl sites for hydroxylation is 1. The van der Waals surface area contributed by atoms with Crippen molar-refractivity contribution in [2.45, 2.75) is 24.9 Å². The summed E-state index contributed by atoms with van der Waals surface area (Å²) in [6.45, 7) is 3.13. The van der Waals surface area contributed by atoms with Gasteiger partial charge in [0.15, 0.2) is 0 Å². The number of hydrogen-bond donors (Lipinski definition) is 1. The minimum absolute atomic E-state index is 0.231. The molecular formula is C22H25N3O3S. The van der Waals surface area contributed by atoms with Crippen molar-refractivity contribution in [1.29, 1.82) is 0 Å². The van der Waals surface area contributed by atoms with E-state index in [9.17, 15) is 4.79 Å². The van der Waals surface area contributed by atoms with Crippen LogP contribution in [0.1, 0.15) is 27.3 Å². The normalized spacial score (nSPS) is 10.6. The fourth-order valence-electron chi connectivity index (χ4n) is 3.17. The maximum Gasteiger partial charge on any atom is 0.259 e. The van der Waals surface area contributed by atoms with Crippen LogP contribution in [0.4, 0.5) is 0 Å². The molecule has 3 rings (SSSR count). The maximum absolute atomic E-state index is 12.9. The van der Waals surface area contributed by atoms with Crippen LogP contribution in [-0.2, 0) is 13.1 Å². The SMILES string of the molecule is COc1ccc(SC)c(OC)c1C(=O)NCc1cccc(Cn2ccnc2C)c1. The fourth-order valence-corrected chi connectivity index (χ4v) is 3.75. The molecule has 0 radical (unpaired) electrons. The lowest BCUT2D eigenvalue weighted by Crippen LogP contribution is -2.24. The van der Waals surface area contributed by atoms with Gasteiger partial charge in [-0.2, -0.15) is 0 Å². The van der Waals surface area contributed by atoms with E-state index >= 15 is 0 Å². The Morgan fingerprint density at radius 3 is 2.62 bits per heavy atom. The van der Waals surface area contributed by atoms with Crippen LogP contribution in [0.2, 0.25) is 0 Å². The minimum atomic E-state index is -0.231. The topological polar surface area (TPSA) is 65.4 Å². The lowest BCUT2D eigenvalue weighted by molar-refractivity contribution is 0.0944. The van der Waals surface area contributed by atoms with Gasteiger partial charge in [-0.15, -0.1) is 11.8 Å². The van der Waals surface area contributed by atoms with E-state index in [0.29, 0.717) is 23.6 Å². The fraction of sp³-hybridized carbons (Fsp3) is 0.273. The highest BCUT2D eigenvalue weighted by molar-refractivity contribution is 7.98. The zero-order chi connectivity index (χ0) is 20.8. The van der Waals surface area contributed by atoms with Crippen molar-refractivity contribution in [2.24, 2.45) is 0 Å². The van der Waals surface area contributed by atoms with Crippen LogP contribution in [0, 0.1) is 6.92 Å². The smallest absolute Gasteiger partial charge is 0.259 e. The summed E-state index contributed by atoms with van der Waals surface area (Å²) in [6, 6.07) is 11.8. The van der Waals surface area contributed by atoms with Crippen LogP contribution >= 0.6 is 11.8 Å². The summed E-state index contributed by atoms with van der Waals surface area (Å²) in [5.41, 5.74) is 2.58. The Bertz CT molecular complexity index is 1000. The second kappa shape index (κ2) is 9.52. The molecule has 0 fully saturated rings. The molecule has 0 bridgehead atoms. The summed E-state index contributed by atoms with van der Waals surface area (Å²) in [5.74, 6) is 1.75. The Hall–Kier alpha value is -2.93. The molecule has 152 valence electrons. The number of hydrogen-bond acceptors (Lipinski definition) is 5. The van der Waals surface area contributed by atoms with Crippen molar-refractivity contribution >= 4 is 17.7 Å². The molecule has 0 aliphatic rings. The number of nitrogens with one attached hydrogen (secondary N) is 1. The number of carbonyl (C=O) groups is 1. The molecule has 0 unspecified atom stereocenters. The van der Waals surface area contributed by atoms with Gasteiger partial charge in [-0.3, -0.25) is 4.79 Å². The minimum Gasteiger partial charge on any atom is -0.496 e. The van der Waals surface area contributed by atoms with E-state index in [0.717, 1.165) is 28.4 Å². The lowest BCUT2D eigenvalue weighted by Gasteiger charge is -2.16. The molecular weight excluding hydrogens is 386 g/mol. The molecule has 0 saturated carbocycles. The molecule has 1 heterocycles. The number of methoxy groups -OCH3 is 2. The lowest BCUT2D eigenvalue weighted by atomic mass is 10.1. The summed E-state index contributed by atoms with van der Waals surface area (Å²) in [7, 11) is 3.11. The Morgan fingerprint density at radius 1 is 1.17 bits per heavy atom. The van der Waals surface area contributed by atoms with Gasteiger partial charge in [-0.1, -0.05) is 24.3 Å². The van der Waals surface area contributed by atoms with E-state index in [1.165, 1.54) is 11.8 Å². The van der Waals surface area contributed by atoms with Gasteiger partial charge in [0.1, 0.15) is 22.9 Å². The van der Waals surface area contributed by atoms with E-state index < -0.39 is 0 Å². The molecule has 0 aliphatic heterocycles. The van der Waals surface area contributed by atoms with Crippen LogP contribution in [0.5, 0.6) is 11.5 Å². The predicted molar refractivity (Wildman–Crippen MR) is 115 cm³/mol. The van der Waals surface area contributed by atoms with E-state index in [2.05, 4.69) is 27.0 Å². The highest BCUT2D eigenvalue weighted by atomic mass is 32.2. The molecule has 0 aliphatic carbocycles. The van der Waals surface area contributed by atoms with Gasteiger partial charge in [0.05, 0.1) is 19.1 Å². The van der Waals surface area contributed by atoms with Gasteiger partial charge >= 0.3 is 0 Å². The zero-order valence-electron chi connectivity index (χ0n) is 17.1. The summed E-state index contributed by atoms with van der Waals surface area (Å²) in [6.07, 6.45) is 5.70. The number of benzene rings is 2. The Balaban J connectivity index is 1.76. The second-order valence-electron chi connectivity index (χ2n) is 6.48. The largest absolute Gasteiger partial charge is 0.496 e. The van der Waals surface area contributed by atoms with Gasteiger partial charge in [-0.05, 0) is 36.4 Å². The average Bonchev–Trinajstić information content (AvgIpc) is 3.15. The van der Waals surface area contributed by atoms with Crippen molar-refractivity contribution in [3.05, 3.63) is 71.3 Å². The number of thioether (sulfide) groups is 1. The first-order valence-corrected chi connectivity index (χ1v) is 10.4. The molecule has 0 spiro atoms. The van der Waals surface area contributed by atoms with Gasteiger partial charge in [0.25, 0.3) is 5.91 Å². The molecule has 29 heavy (non-hydrogen) atoms. The molecule has 0 saturated heterocycles. The number of amides is 1. The number of aromatic nitrogens is 2. The quantitative estimate of drug-likeness (QED) is 0.570. The predicted octanol–water partition coefficient (Wildman–Crippen LogP) is 3.91. The van der Waals surface area contributed by atoms with E-state index in [1.54, 1.807) is 26.5 Å². The Morgan fingerprint density at radius 2 is 1.97 bits per heavy atom. The highest BCUT2D eigenvalue weighted by Crippen LogP contribution is 2.37. The van der Waals surface area contributed by atoms with Crippen LogP contribution in [0.3, 0.4) is 0 Å². The number of carbonyl (C=O) groups excluding carboxylic acids is 1. The van der Waals surface area contributed by atoms with E-state index in [-0.39, 0.29) is 5.91 Å². The summed E-state index contributed by atoms with van der Waals surface area (Å²) >= 11 is 1.52. The number of rotatable bonds is 8. The zero-order valence-corrected chi connectivity index (χ0v) is 17.9. The van der Waals surface area contributed by atoms with E-state index in [4.69, 9.17) is 9.47 Å². The summed E-state index contributed by atoms with van der Waals surface area (Å²) < 4.78 is 13.0. The summed E-state index contributed by atoms with van der Waals surface area (Å²) in [5, 5.41) is 2.99. The summed E-state index contributed by atoms with van der Waals surface area (Å²) in [4.78, 5) is 18.1. The number of nitrogens with zero attached hydrogens (tertiary/aromatic N) is 2. The monoisotopic (exact) mass is 411 g/mol. The van der Waals surface area contributed by atoms with Gasteiger partial charge in [0.2, 0.25) is 0 Å². The highest BCUT2D eigenvalue weighted by Gasteiger charge is 2.21. The van der Waals surface area contributed by atoms with Crippen molar-refractivity contribution < 1.29 is 14.3 Å². The van der Waals surface area contributed by atoms with Crippen molar-refractivity contribution in [3.63, 3.8) is 0 Å². The number of imidazole rings is 1. The molecule has 1 aromatic heterocycles. The first-order valence-electron chi connectivity index (χ1n) is 9.20. The first-order chi connectivity index (χ1) is 14.1. The molecule has 2 aromatic carbocycles. The third-order valence-corrected chi connectivity index (χ3v) is 5.44. The average molecular weight is 412 g/mol. The van der Waals surface area contributed by atoms with Gasteiger partial charge in [0, 0.05) is 25.5 Å². The third-order valence-electron chi connectivity index (χ3n) is 4.68. The first kappa shape index (κ1) is 20.8. The van der Waals surface area contributed by atoms with Crippen LogP contribution < -0.4 is 14.8 Å². The van der Waals surface area contributed by atoms with Crippen LogP contribution in [0.25, 0.3) is 0 Å². The molecule has 6 nitrogen and oxygen atoms in total. The van der Waals surface area contributed by atoms with Crippen molar-refractivity contribution in [3.8, 4) is 11.5 Å². The van der Waals surface area contributed by atoms with Gasteiger partial charge in [-0.25, -0.2) is 4.98 Å². The number of ether oxygens (including phenoxy) is 2. The maximum atomic E-state index is 12.9. The van der Waals surface area contributed by atoms with Crippen molar-refractivity contribution in [2.75, 3.05) is 20.5 Å². The van der Waals surface area contributed by atoms with Crippen LogP contribution in [-0.4, -0.2) is 35.9 Å². The molecule has 1 N–H and O–H groups in total. The van der Waals surface area contributed by atoms with E-state index in [1.807, 2.05) is 37.6 Å². The molecule has 1 amide bonds. The van der Waals surface area contributed by atoms with Crippen molar-refractivity contribution in [1.82, 2.24) is 14.9 Å². The molecule has 0 atom stereocenters. The van der Waals surface area contributed by atoms with Gasteiger partial charge < -0.3 is 19.4 Å².